The fraction of sp³-hybridized carbons (Fsp3) is 0.579. The van der Waals surface area contributed by atoms with Gasteiger partial charge in [0.1, 0.15) is 12.7 Å². The zero-order valence-electron chi connectivity index (χ0n) is 14.7. The minimum absolute atomic E-state index is 0.0353. The number of hydrogen-bond donors (Lipinski definition) is 0. The van der Waals surface area contributed by atoms with Crippen LogP contribution < -0.4 is 0 Å². The molecule has 0 N–H and O–H groups in total. The molecule has 1 aromatic carbocycles. The van der Waals surface area contributed by atoms with Gasteiger partial charge in [-0.3, -0.25) is 9.59 Å². The highest BCUT2D eigenvalue weighted by atomic mass is 79.9. The van der Waals surface area contributed by atoms with Gasteiger partial charge in [-0.2, -0.15) is 0 Å². The van der Waals surface area contributed by atoms with Crippen LogP contribution in [0.15, 0.2) is 28.7 Å². The van der Waals surface area contributed by atoms with E-state index in [1.54, 1.807) is 0 Å². The van der Waals surface area contributed by atoms with Crippen LogP contribution in [0.25, 0.3) is 0 Å². The number of hydrogen-bond acceptors (Lipinski definition) is 4. The molecular formula is C19H27BrO4. The first-order valence-corrected chi connectivity index (χ1v) is 9.31. The van der Waals surface area contributed by atoms with Crippen LogP contribution in [0.5, 0.6) is 0 Å². The minimum Gasteiger partial charge on any atom is -0.462 e. The van der Waals surface area contributed by atoms with E-state index in [1.165, 1.54) is 0 Å². The molecule has 1 rings (SSSR count). The molecule has 1 atom stereocenters. The van der Waals surface area contributed by atoms with Crippen LogP contribution in [0.3, 0.4) is 0 Å². The molecule has 4 nitrogen and oxygen atoms in total. The first-order chi connectivity index (χ1) is 11.4. The topological polar surface area (TPSA) is 52.6 Å². The first kappa shape index (κ1) is 20.7. The highest BCUT2D eigenvalue weighted by molar-refractivity contribution is 9.10. The second-order valence-corrected chi connectivity index (χ2v) is 7.12. The lowest BCUT2D eigenvalue weighted by Crippen LogP contribution is -2.23. The van der Waals surface area contributed by atoms with E-state index in [1.807, 2.05) is 38.1 Å². The molecule has 0 bridgehead atoms. The molecule has 24 heavy (non-hydrogen) atoms. The second kappa shape index (κ2) is 11.2. The third-order valence-corrected chi connectivity index (χ3v) is 4.20. The maximum atomic E-state index is 11.8. The predicted octanol–water partition coefficient (Wildman–Crippen LogP) is 5.03. The Morgan fingerprint density at radius 1 is 1.08 bits per heavy atom. The molecule has 1 aromatic rings. The molecule has 0 saturated carbocycles. The van der Waals surface area contributed by atoms with Gasteiger partial charge in [-0.05, 0) is 36.5 Å². The van der Waals surface area contributed by atoms with Crippen molar-refractivity contribution in [3.05, 3.63) is 34.3 Å². The zero-order chi connectivity index (χ0) is 17.9. The molecule has 0 spiro atoms. The van der Waals surface area contributed by atoms with Crippen molar-refractivity contribution in [1.29, 1.82) is 0 Å². The van der Waals surface area contributed by atoms with E-state index in [4.69, 9.17) is 9.47 Å². The van der Waals surface area contributed by atoms with Gasteiger partial charge in [0, 0.05) is 17.3 Å². The van der Waals surface area contributed by atoms with Gasteiger partial charge in [-0.25, -0.2) is 0 Å². The van der Waals surface area contributed by atoms with Gasteiger partial charge >= 0.3 is 11.9 Å². The molecule has 0 amide bonds. The van der Waals surface area contributed by atoms with E-state index in [0.29, 0.717) is 12.3 Å². The van der Waals surface area contributed by atoms with Crippen molar-refractivity contribution in [2.24, 2.45) is 5.92 Å². The van der Waals surface area contributed by atoms with Gasteiger partial charge in [-0.1, -0.05) is 55.3 Å². The van der Waals surface area contributed by atoms with Crippen LogP contribution in [0, 0.1) is 5.92 Å². The van der Waals surface area contributed by atoms with Crippen LogP contribution in [0.1, 0.15) is 58.4 Å². The van der Waals surface area contributed by atoms with Crippen LogP contribution >= 0.6 is 15.9 Å². The molecule has 0 aliphatic rings. The molecule has 0 fully saturated rings. The van der Waals surface area contributed by atoms with Crippen LogP contribution in [0.4, 0.5) is 0 Å². The lowest BCUT2D eigenvalue weighted by atomic mass is 10.0. The lowest BCUT2D eigenvalue weighted by Gasteiger charge is -2.20. The summed E-state index contributed by atoms with van der Waals surface area (Å²) in [5.74, 6) is -0.215. The summed E-state index contributed by atoms with van der Waals surface area (Å²) in [4.78, 5) is 23.6. The fourth-order valence-electron chi connectivity index (χ4n) is 2.23. The van der Waals surface area contributed by atoms with E-state index in [-0.39, 0.29) is 37.5 Å². The van der Waals surface area contributed by atoms with Gasteiger partial charge in [-0.15, -0.1) is 0 Å². The normalized spacial score (nSPS) is 12.0. The number of halogens is 1. The highest BCUT2D eigenvalue weighted by Crippen LogP contribution is 2.15. The third kappa shape index (κ3) is 8.48. The smallest absolute Gasteiger partial charge is 0.306 e. The summed E-state index contributed by atoms with van der Waals surface area (Å²) < 4.78 is 11.7. The largest absolute Gasteiger partial charge is 0.462 e. The Balaban J connectivity index is 2.22. The average Bonchev–Trinajstić information content (AvgIpc) is 2.54. The molecule has 134 valence electrons. The van der Waals surface area contributed by atoms with Gasteiger partial charge in [0.05, 0.1) is 0 Å². The van der Waals surface area contributed by atoms with E-state index in [9.17, 15) is 9.59 Å². The summed E-state index contributed by atoms with van der Waals surface area (Å²) in [6.45, 7) is 6.42. The van der Waals surface area contributed by atoms with E-state index in [2.05, 4.69) is 22.9 Å². The Bertz CT molecular complexity index is 511. The fourth-order valence-corrected chi connectivity index (χ4v) is 2.50. The molecule has 5 heteroatoms. The standard InChI is InChI=1S/C19H27BrO4/c1-4-6-17(14(2)3)24-19(22)8-5-7-18(21)23-13-15-9-11-16(20)12-10-15/h9-12,14,17H,4-8,13H2,1-3H3. The van der Waals surface area contributed by atoms with Gasteiger partial charge < -0.3 is 9.47 Å². The Morgan fingerprint density at radius 3 is 2.29 bits per heavy atom. The number of carbonyl (C=O) groups excluding carboxylic acids is 2. The summed E-state index contributed by atoms with van der Waals surface area (Å²) in [6, 6.07) is 7.60. The molecule has 1 unspecified atom stereocenters. The summed E-state index contributed by atoms with van der Waals surface area (Å²) >= 11 is 3.36. The number of rotatable bonds is 10. The average molecular weight is 399 g/mol. The lowest BCUT2D eigenvalue weighted by molar-refractivity contribution is -0.152. The first-order valence-electron chi connectivity index (χ1n) is 8.52. The second-order valence-electron chi connectivity index (χ2n) is 6.20. The van der Waals surface area contributed by atoms with Crippen LogP contribution in [-0.2, 0) is 25.7 Å². The number of carbonyl (C=O) groups is 2. The molecule has 0 saturated heterocycles. The zero-order valence-corrected chi connectivity index (χ0v) is 16.3. The number of benzene rings is 1. The summed E-state index contributed by atoms with van der Waals surface area (Å²) in [6.07, 6.45) is 2.75. The van der Waals surface area contributed by atoms with E-state index in [0.717, 1.165) is 22.9 Å². The Hall–Kier alpha value is -1.36. The third-order valence-electron chi connectivity index (χ3n) is 3.67. The molecule has 0 radical (unpaired) electrons. The van der Waals surface area contributed by atoms with Crippen molar-refractivity contribution in [2.75, 3.05) is 0 Å². The quantitative estimate of drug-likeness (QED) is 0.518. The van der Waals surface area contributed by atoms with Crippen LogP contribution in [0.2, 0.25) is 0 Å². The van der Waals surface area contributed by atoms with E-state index < -0.39 is 0 Å². The molecular weight excluding hydrogens is 372 g/mol. The molecule has 0 aliphatic heterocycles. The predicted molar refractivity (Wildman–Crippen MR) is 97.4 cm³/mol. The summed E-state index contributed by atoms with van der Waals surface area (Å²) in [5.41, 5.74) is 0.935. The van der Waals surface area contributed by atoms with Crippen molar-refractivity contribution in [3.63, 3.8) is 0 Å². The maximum absolute atomic E-state index is 11.8. The van der Waals surface area contributed by atoms with Gasteiger partial charge in [0.2, 0.25) is 0 Å². The SMILES string of the molecule is CCCC(OC(=O)CCCC(=O)OCc1ccc(Br)cc1)C(C)C. The van der Waals surface area contributed by atoms with Crippen molar-refractivity contribution >= 4 is 27.9 Å². The Morgan fingerprint density at radius 2 is 1.71 bits per heavy atom. The van der Waals surface area contributed by atoms with Crippen molar-refractivity contribution in [1.82, 2.24) is 0 Å². The van der Waals surface area contributed by atoms with Gasteiger partial charge in [0.25, 0.3) is 0 Å². The monoisotopic (exact) mass is 398 g/mol. The Kier molecular flexibility index (Phi) is 9.69. The van der Waals surface area contributed by atoms with Gasteiger partial charge in [0.15, 0.2) is 0 Å². The van der Waals surface area contributed by atoms with Crippen molar-refractivity contribution < 1.29 is 19.1 Å². The molecule has 0 heterocycles. The van der Waals surface area contributed by atoms with Crippen molar-refractivity contribution in [2.45, 2.75) is 65.6 Å². The Labute approximate surface area is 153 Å². The highest BCUT2D eigenvalue weighted by Gasteiger charge is 2.17. The molecule has 0 aromatic heterocycles. The van der Waals surface area contributed by atoms with Crippen molar-refractivity contribution in [3.8, 4) is 0 Å². The minimum atomic E-state index is -0.292. The summed E-state index contributed by atoms with van der Waals surface area (Å²) in [5, 5.41) is 0. The summed E-state index contributed by atoms with van der Waals surface area (Å²) in [7, 11) is 0. The maximum Gasteiger partial charge on any atom is 0.306 e. The number of ether oxygens (including phenoxy) is 2. The van der Waals surface area contributed by atoms with E-state index >= 15 is 0 Å². The molecule has 0 aliphatic carbocycles. The van der Waals surface area contributed by atoms with Crippen LogP contribution in [-0.4, -0.2) is 18.0 Å². The number of esters is 2.